The first-order valence-corrected chi connectivity index (χ1v) is 12.5. The van der Waals surface area contributed by atoms with Gasteiger partial charge in [-0.05, 0) is 60.9 Å². The largest absolute Gasteiger partial charge is 0.369 e. The van der Waals surface area contributed by atoms with Crippen LogP contribution in [0, 0.1) is 0 Å². The van der Waals surface area contributed by atoms with Crippen molar-refractivity contribution in [2.45, 2.75) is 25.3 Å². The Kier molecular flexibility index (Phi) is 8.49. The predicted molar refractivity (Wildman–Crippen MR) is 142 cm³/mol. The summed E-state index contributed by atoms with van der Waals surface area (Å²) in [4.78, 5) is 17.6. The summed E-state index contributed by atoms with van der Waals surface area (Å²) < 4.78 is 0. The molecule has 1 saturated heterocycles. The molecule has 1 aliphatic rings. The molecule has 0 bridgehead atoms. The fourth-order valence-corrected chi connectivity index (χ4v) is 4.83. The molecule has 0 aliphatic carbocycles. The quantitative estimate of drug-likeness (QED) is 0.438. The summed E-state index contributed by atoms with van der Waals surface area (Å²) in [7, 11) is 0. The van der Waals surface area contributed by atoms with E-state index in [0.717, 1.165) is 43.2 Å². The lowest BCUT2D eigenvalue weighted by Crippen LogP contribution is -2.51. The lowest BCUT2D eigenvalue weighted by molar-refractivity contribution is -0.123. The molecule has 0 aromatic heterocycles. The van der Waals surface area contributed by atoms with Gasteiger partial charge in [-0.15, -0.1) is 0 Å². The predicted octanol–water partition coefficient (Wildman–Crippen LogP) is 5.65. The van der Waals surface area contributed by atoms with Crippen molar-refractivity contribution >= 4 is 34.8 Å². The van der Waals surface area contributed by atoms with Crippen LogP contribution in [0.4, 0.5) is 5.69 Å². The van der Waals surface area contributed by atoms with Crippen molar-refractivity contribution in [3.05, 3.63) is 100 Å². The molecule has 1 heterocycles. The molecule has 178 valence electrons. The van der Waals surface area contributed by atoms with Gasteiger partial charge in [-0.25, -0.2) is 0 Å². The number of rotatable bonds is 8. The summed E-state index contributed by atoms with van der Waals surface area (Å²) in [5.41, 5.74) is 3.58. The summed E-state index contributed by atoms with van der Waals surface area (Å²) in [6.45, 7) is 6.11. The number of anilines is 1. The highest BCUT2D eigenvalue weighted by Crippen LogP contribution is 2.27. The van der Waals surface area contributed by atoms with E-state index in [0.29, 0.717) is 11.6 Å². The van der Waals surface area contributed by atoms with Gasteiger partial charge >= 0.3 is 0 Å². The van der Waals surface area contributed by atoms with E-state index >= 15 is 0 Å². The summed E-state index contributed by atoms with van der Waals surface area (Å²) in [6.07, 6.45) is 0.802. The van der Waals surface area contributed by atoms with Crippen molar-refractivity contribution in [3.8, 4) is 0 Å². The Hall–Kier alpha value is -2.53. The van der Waals surface area contributed by atoms with Gasteiger partial charge in [0.15, 0.2) is 0 Å². The number of benzene rings is 3. The van der Waals surface area contributed by atoms with E-state index in [-0.39, 0.29) is 17.9 Å². The Labute approximate surface area is 212 Å². The molecule has 4 nitrogen and oxygen atoms in total. The second-order valence-corrected chi connectivity index (χ2v) is 9.82. The monoisotopic (exact) mass is 495 g/mol. The molecule has 1 fully saturated rings. The number of hydrogen-bond donors (Lipinski definition) is 1. The fraction of sp³-hybridized carbons (Fsp3) is 0.321. The molecule has 2 atom stereocenters. The van der Waals surface area contributed by atoms with Gasteiger partial charge in [0, 0.05) is 53.9 Å². The molecule has 4 rings (SSSR count). The van der Waals surface area contributed by atoms with Gasteiger partial charge in [-0.1, -0.05) is 65.7 Å². The Morgan fingerprint density at radius 3 is 2.06 bits per heavy atom. The first kappa shape index (κ1) is 24.6. The van der Waals surface area contributed by atoms with Gasteiger partial charge in [0.05, 0.1) is 6.54 Å². The number of carbonyl (C=O) groups is 1. The van der Waals surface area contributed by atoms with Crippen LogP contribution in [0.5, 0.6) is 0 Å². The average Bonchev–Trinajstić information content (AvgIpc) is 2.85. The standard InChI is InChI=1S/C28H31Cl2N3O/c1-21(27(23-9-13-25(30)14-10-23)19-22-7-11-24(29)12-8-22)31-28(34)20-32-15-17-33(18-16-32)26-5-3-2-4-6-26/h2-14,21,27H,15-20H2,1H3,(H,31,34). The highest BCUT2D eigenvalue weighted by molar-refractivity contribution is 6.30. The number of nitrogens with zero attached hydrogens (tertiary/aromatic N) is 2. The van der Waals surface area contributed by atoms with Crippen molar-refractivity contribution in [2.75, 3.05) is 37.6 Å². The SMILES string of the molecule is CC(NC(=O)CN1CCN(c2ccccc2)CC1)C(Cc1ccc(Cl)cc1)c1ccc(Cl)cc1. The highest BCUT2D eigenvalue weighted by atomic mass is 35.5. The molecule has 3 aromatic carbocycles. The van der Waals surface area contributed by atoms with Crippen molar-refractivity contribution in [1.82, 2.24) is 10.2 Å². The van der Waals surface area contributed by atoms with Crippen LogP contribution in [0.2, 0.25) is 10.0 Å². The zero-order valence-corrected chi connectivity index (χ0v) is 21.0. The zero-order chi connectivity index (χ0) is 23.9. The number of carbonyl (C=O) groups excluding carboxylic acids is 1. The van der Waals surface area contributed by atoms with Crippen molar-refractivity contribution in [2.24, 2.45) is 0 Å². The molecule has 1 aliphatic heterocycles. The van der Waals surface area contributed by atoms with Crippen molar-refractivity contribution < 1.29 is 4.79 Å². The smallest absolute Gasteiger partial charge is 0.234 e. The van der Waals surface area contributed by atoms with E-state index in [1.807, 2.05) is 54.6 Å². The third-order valence-electron chi connectivity index (χ3n) is 6.52. The molecular weight excluding hydrogens is 465 g/mol. The Morgan fingerprint density at radius 2 is 1.44 bits per heavy atom. The van der Waals surface area contributed by atoms with E-state index in [1.54, 1.807) is 0 Å². The summed E-state index contributed by atoms with van der Waals surface area (Å²) in [5.74, 6) is 0.188. The number of halogens is 2. The van der Waals surface area contributed by atoms with E-state index in [9.17, 15) is 4.79 Å². The first-order chi connectivity index (χ1) is 16.5. The fourth-order valence-electron chi connectivity index (χ4n) is 4.57. The van der Waals surface area contributed by atoms with Gasteiger partial charge in [0.1, 0.15) is 0 Å². The van der Waals surface area contributed by atoms with Gasteiger partial charge in [-0.2, -0.15) is 0 Å². The minimum absolute atomic E-state index is 0.0324. The maximum Gasteiger partial charge on any atom is 0.234 e. The van der Waals surface area contributed by atoms with Crippen LogP contribution in [0.3, 0.4) is 0 Å². The third-order valence-corrected chi connectivity index (χ3v) is 7.02. The van der Waals surface area contributed by atoms with Crippen molar-refractivity contribution in [3.63, 3.8) is 0 Å². The van der Waals surface area contributed by atoms with Crippen LogP contribution >= 0.6 is 23.2 Å². The lowest BCUT2D eigenvalue weighted by Gasteiger charge is -2.36. The Bertz CT molecular complexity index is 1050. The van der Waals surface area contributed by atoms with Crippen LogP contribution < -0.4 is 10.2 Å². The molecular formula is C28H31Cl2N3O. The van der Waals surface area contributed by atoms with Crippen LogP contribution in [-0.4, -0.2) is 49.6 Å². The van der Waals surface area contributed by atoms with Gasteiger partial charge in [0.25, 0.3) is 0 Å². The van der Waals surface area contributed by atoms with Crippen molar-refractivity contribution in [1.29, 1.82) is 0 Å². The number of piperazine rings is 1. The lowest BCUT2D eigenvalue weighted by atomic mass is 9.86. The van der Waals surface area contributed by atoms with E-state index in [4.69, 9.17) is 23.2 Å². The molecule has 2 unspecified atom stereocenters. The van der Waals surface area contributed by atoms with Gasteiger partial charge in [0.2, 0.25) is 5.91 Å². The Balaban J connectivity index is 1.35. The van der Waals surface area contributed by atoms with Crippen LogP contribution in [0.25, 0.3) is 0 Å². The van der Waals surface area contributed by atoms with Gasteiger partial charge < -0.3 is 10.2 Å². The molecule has 1 N–H and O–H groups in total. The first-order valence-electron chi connectivity index (χ1n) is 11.8. The zero-order valence-electron chi connectivity index (χ0n) is 19.5. The number of para-hydroxylation sites is 1. The minimum atomic E-state index is -0.0324. The summed E-state index contributed by atoms with van der Waals surface area (Å²) in [5, 5.41) is 4.69. The summed E-state index contributed by atoms with van der Waals surface area (Å²) >= 11 is 12.2. The minimum Gasteiger partial charge on any atom is -0.369 e. The molecule has 34 heavy (non-hydrogen) atoms. The normalized spacial score (nSPS) is 16.1. The van der Waals surface area contributed by atoms with Crippen LogP contribution in [-0.2, 0) is 11.2 Å². The van der Waals surface area contributed by atoms with Gasteiger partial charge in [-0.3, -0.25) is 9.69 Å². The second-order valence-electron chi connectivity index (χ2n) is 8.94. The van der Waals surface area contributed by atoms with E-state index < -0.39 is 0 Å². The molecule has 0 spiro atoms. The van der Waals surface area contributed by atoms with E-state index in [2.05, 4.69) is 46.3 Å². The van der Waals surface area contributed by atoms with Crippen LogP contribution in [0.1, 0.15) is 24.0 Å². The number of amides is 1. The molecule has 6 heteroatoms. The Morgan fingerprint density at radius 1 is 0.853 bits per heavy atom. The third kappa shape index (κ3) is 6.75. The maximum absolute atomic E-state index is 13.0. The molecule has 1 amide bonds. The average molecular weight is 496 g/mol. The number of nitrogens with one attached hydrogen (secondary N) is 1. The molecule has 3 aromatic rings. The topological polar surface area (TPSA) is 35.6 Å². The number of hydrogen-bond acceptors (Lipinski definition) is 3. The summed E-state index contributed by atoms with van der Waals surface area (Å²) in [6, 6.07) is 26.3. The van der Waals surface area contributed by atoms with Crippen LogP contribution in [0.15, 0.2) is 78.9 Å². The molecule has 0 saturated carbocycles. The highest BCUT2D eigenvalue weighted by Gasteiger charge is 2.24. The maximum atomic E-state index is 13.0. The second kappa shape index (κ2) is 11.7. The van der Waals surface area contributed by atoms with E-state index in [1.165, 1.54) is 11.3 Å². The molecule has 0 radical (unpaired) electrons.